The van der Waals surface area contributed by atoms with Crippen LogP contribution in [0.4, 0.5) is 5.69 Å². The first-order valence-electron chi connectivity index (χ1n) is 8.60. The van der Waals surface area contributed by atoms with Crippen molar-refractivity contribution in [2.45, 2.75) is 19.0 Å². The minimum atomic E-state index is -0.182. The molecule has 3 N–H and O–H groups in total. The first-order valence-corrected chi connectivity index (χ1v) is 9.96. The molecule has 0 aliphatic rings. The maximum atomic E-state index is 12.3. The van der Waals surface area contributed by atoms with Gasteiger partial charge >= 0.3 is 0 Å². The number of nitrogen functional groups attached to an aromatic ring is 1. The second-order valence-corrected chi connectivity index (χ2v) is 7.31. The van der Waals surface area contributed by atoms with Gasteiger partial charge in [-0.3, -0.25) is 4.79 Å². The molecule has 1 amide bonds. The van der Waals surface area contributed by atoms with Crippen LogP contribution in [0.2, 0.25) is 5.02 Å². The number of nitrogens with two attached hydrogens (primary N) is 1. The summed E-state index contributed by atoms with van der Waals surface area (Å²) in [6.07, 6.45) is 0. The van der Waals surface area contributed by atoms with Crippen LogP contribution in [0.15, 0.2) is 47.6 Å². The fraction of sp³-hybridized carbons (Fsp3) is 0.211. The van der Waals surface area contributed by atoms with Gasteiger partial charge in [0.25, 0.3) is 0 Å². The number of nitrogens with zero attached hydrogens (tertiary/aromatic N) is 3. The number of amides is 1. The molecular formula is C19H20ClN5O2S. The second-order valence-electron chi connectivity index (χ2n) is 5.93. The molecule has 0 atom stereocenters. The van der Waals surface area contributed by atoms with Gasteiger partial charge in [-0.15, -0.1) is 10.2 Å². The van der Waals surface area contributed by atoms with Crippen molar-refractivity contribution in [1.82, 2.24) is 14.9 Å². The summed E-state index contributed by atoms with van der Waals surface area (Å²) in [5.74, 6) is 7.31. The van der Waals surface area contributed by atoms with E-state index < -0.39 is 0 Å². The summed E-state index contributed by atoms with van der Waals surface area (Å²) < 4.78 is 6.87. The van der Waals surface area contributed by atoms with Crippen LogP contribution in [0.25, 0.3) is 11.4 Å². The molecule has 0 radical (unpaired) electrons. The van der Waals surface area contributed by atoms with E-state index in [1.165, 1.54) is 16.4 Å². The Kier molecular flexibility index (Phi) is 6.43. The van der Waals surface area contributed by atoms with Crippen LogP contribution in [0, 0.1) is 6.92 Å². The van der Waals surface area contributed by atoms with Crippen LogP contribution in [-0.2, 0) is 4.79 Å². The highest BCUT2D eigenvalue weighted by Crippen LogP contribution is 2.25. The van der Waals surface area contributed by atoms with Gasteiger partial charge in [-0.25, -0.2) is 4.68 Å². The molecule has 0 fully saturated rings. The number of aryl methyl sites for hydroxylation is 1. The third-order valence-corrected chi connectivity index (χ3v) is 5.05. The van der Waals surface area contributed by atoms with Crippen LogP contribution in [0.1, 0.15) is 12.5 Å². The summed E-state index contributed by atoms with van der Waals surface area (Å²) in [5.41, 5.74) is 2.40. The zero-order chi connectivity index (χ0) is 20.1. The second kappa shape index (κ2) is 8.99. The molecule has 0 aliphatic carbocycles. The van der Waals surface area contributed by atoms with Gasteiger partial charge < -0.3 is 15.9 Å². The number of nitrogens with one attached hydrogen (secondary N) is 1. The first kappa shape index (κ1) is 20.0. The van der Waals surface area contributed by atoms with E-state index in [-0.39, 0.29) is 11.7 Å². The number of benzene rings is 2. The van der Waals surface area contributed by atoms with Crippen LogP contribution >= 0.6 is 23.4 Å². The van der Waals surface area contributed by atoms with E-state index in [9.17, 15) is 4.79 Å². The van der Waals surface area contributed by atoms with Crippen molar-refractivity contribution < 1.29 is 9.53 Å². The Balaban J connectivity index is 1.67. The molecule has 3 rings (SSSR count). The predicted octanol–water partition coefficient (Wildman–Crippen LogP) is 3.75. The number of hydrogen-bond donors (Lipinski definition) is 2. The normalized spacial score (nSPS) is 10.7. The summed E-state index contributed by atoms with van der Waals surface area (Å²) >= 11 is 7.18. The van der Waals surface area contributed by atoms with E-state index in [2.05, 4.69) is 15.5 Å². The third kappa shape index (κ3) is 4.76. The van der Waals surface area contributed by atoms with Crippen molar-refractivity contribution >= 4 is 35.0 Å². The van der Waals surface area contributed by atoms with Crippen molar-refractivity contribution in [1.29, 1.82) is 0 Å². The first-order chi connectivity index (χ1) is 13.5. The van der Waals surface area contributed by atoms with Crippen molar-refractivity contribution in [2.24, 2.45) is 0 Å². The molecule has 0 saturated carbocycles. The molecule has 3 aromatic rings. The van der Waals surface area contributed by atoms with E-state index in [4.69, 9.17) is 22.2 Å². The predicted molar refractivity (Wildman–Crippen MR) is 112 cm³/mol. The molecule has 146 valence electrons. The fourth-order valence-corrected chi connectivity index (χ4v) is 3.34. The number of rotatable bonds is 7. The maximum Gasteiger partial charge on any atom is 0.234 e. The number of carbonyl (C=O) groups excluding carboxylic acids is 1. The smallest absolute Gasteiger partial charge is 0.234 e. The number of hydrogen-bond acceptors (Lipinski definition) is 6. The van der Waals surface area contributed by atoms with Crippen molar-refractivity contribution in [3.63, 3.8) is 0 Å². The minimum absolute atomic E-state index is 0.139. The van der Waals surface area contributed by atoms with Crippen LogP contribution in [0.5, 0.6) is 5.75 Å². The molecule has 0 unspecified atom stereocenters. The summed E-state index contributed by atoms with van der Waals surface area (Å²) in [5, 5.41) is 12.1. The summed E-state index contributed by atoms with van der Waals surface area (Å²) in [6, 6.07) is 12.8. The largest absolute Gasteiger partial charge is 0.494 e. The van der Waals surface area contributed by atoms with E-state index in [0.29, 0.717) is 28.3 Å². The monoisotopic (exact) mass is 417 g/mol. The van der Waals surface area contributed by atoms with Gasteiger partial charge in [0.2, 0.25) is 11.1 Å². The van der Waals surface area contributed by atoms with E-state index in [0.717, 1.165) is 16.9 Å². The van der Waals surface area contributed by atoms with Crippen molar-refractivity contribution in [3.05, 3.63) is 53.1 Å². The highest BCUT2D eigenvalue weighted by molar-refractivity contribution is 7.99. The standard InChI is InChI=1S/C19H20ClN5O2S/c1-3-27-15-6-4-5-13(9-15)18-23-24-19(25(18)21)28-11-17(26)22-16-10-14(20)8-7-12(16)2/h4-10H,3,11,21H2,1-2H3,(H,22,26). The Morgan fingerprint density at radius 3 is 2.89 bits per heavy atom. The molecule has 0 spiro atoms. The fourth-order valence-electron chi connectivity index (χ4n) is 2.51. The lowest BCUT2D eigenvalue weighted by atomic mass is 10.2. The van der Waals surface area contributed by atoms with Crippen molar-refractivity contribution in [2.75, 3.05) is 23.5 Å². The number of thioether (sulfide) groups is 1. The number of carbonyl (C=O) groups is 1. The lowest BCUT2D eigenvalue weighted by Crippen LogP contribution is -2.17. The summed E-state index contributed by atoms with van der Waals surface area (Å²) in [7, 11) is 0. The Labute approximate surface area is 172 Å². The Hall–Kier alpha value is -2.71. The third-order valence-electron chi connectivity index (χ3n) is 3.87. The molecule has 0 saturated heterocycles. The van der Waals surface area contributed by atoms with Crippen LogP contribution < -0.4 is 15.9 Å². The molecule has 1 heterocycles. The summed E-state index contributed by atoms with van der Waals surface area (Å²) in [6.45, 7) is 4.39. The number of aromatic nitrogens is 3. The average Bonchev–Trinajstić information content (AvgIpc) is 3.04. The van der Waals surface area contributed by atoms with Gasteiger partial charge in [0.15, 0.2) is 5.82 Å². The molecule has 0 bridgehead atoms. The SMILES string of the molecule is CCOc1cccc(-c2nnc(SCC(=O)Nc3cc(Cl)ccc3C)n2N)c1. The van der Waals surface area contributed by atoms with E-state index in [1.807, 2.05) is 44.2 Å². The lowest BCUT2D eigenvalue weighted by molar-refractivity contribution is -0.113. The van der Waals surface area contributed by atoms with Gasteiger partial charge in [0.05, 0.1) is 12.4 Å². The molecular weight excluding hydrogens is 398 g/mol. The Morgan fingerprint density at radius 2 is 2.11 bits per heavy atom. The quantitative estimate of drug-likeness (QED) is 0.449. The van der Waals surface area contributed by atoms with Gasteiger partial charge in [0, 0.05) is 16.3 Å². The van der Waals surface area contributed by atoms with Gasteiger partial charge in [-0.1, -0.05) is 41.6 Å². The van der Waals surface area contributed by atoms with E-state index >= 15 is 0 Å². The highest BCUT2D eigenvalue weighted by Gasteiger charge is 2.15. The van der Waals surface area contributed by atoms with E-state index in [1.54, 1.807) is 12.1 Å². The number of ether oxygens (including phenoxy) is 1. The average molecular weight is 418 g/mol. The number of halogens is 1. The Morgan fingerprint density at radius 1 is 1.29 bits per heavy atom. The number of anilines is 1. The molecule has 0 aliphatic heterocycles. The zero-order valence-corrected chi connectivity index (χ0v) is 17.0. The van der Waals surface area contributed by atoms with Crippen LogP contribution in [0.3, 0.4) is 0 Å². The molecule has 7 nitrogen and oxygen atoms in total. The molecule has 2 aromatic carbocycles. The summed E-state index contributed by atoms with van der Waals surface area (Å²) in [4.78, 5) is 12.3. The van der Waals surface area contributed by atoms with Gasteiger partial charge in [-0.2, -0.15) is 0 Å². The highest BCUT2D eigenvalue weighted by atomic mass is 35.5. The molecule has 1 aromatic heterocycles. The topological polar surface area (TPSA) is 95.1 Å². The molecule has 28 heavy (non-hydrogen) atoms. The maximum absolute atomic E-state index is 12.3. The van der Waals surface area contributed by atoms with Crippen LogP contribution in [-0.4, -0.2) is 33.1 Å². The van der Waals surface area contributed by atoms with Gasteiger partial charge in [-0.05, 0) is 43.7 Å². The Bertz CT molecular complexity index is 992. The van der Waals surface area contributed by atoms with Gasteiger partial charge in [0.1, 0.15) is 5.75 Å². The van der Waals surface area contributed by atoms with Crippen molar-refractivity contribution in [3.8, 4) is 17.1 Å². The molecule has 9 heteroatoms. The lowest BCUT2D eigenvalue weighted by Gasteiger charge is -2.09. The zero-order valence-electron chi connectivity index (χ0n) is 15.5. The minimum Gasteiger partial charge on any atom is -0.494 e.